The SMILES string of the molecule is CC(C)CCN1C(=O)CCc2cc(NC(=O)Cc3ccc(F)cc3)ccc21. The van der Waals surface area contributed by atoms with Gasteiger partial charge in [0.05, 0.1) is 6.42 Å². The highest BCUT2D eigenvalue weighted by Crippen LogP contribution is 2.31. The number of benzene rings is 2. The summed E-state index contributed by atoms with van der Waals surface area (Å²) < 4.78 is 13.0. The lowest BCUT2D eigenvalue weighted by Gasteiger charge is -2.30. The van der Waals surface area contributed by atoms with Gasteiger partial charge < -0.3 is 10.2 Å². The first-order valence-corrected chi connectivity index (χ1v) is 9.40. The van der Waals surface area contributed by atoms with E-state index in [0.717, 1.165) is 35.5 Å². The molecule has 0 spiro atoms. The van der Waals surface area contributed by atoms with E-state index in [1.54, 1.807) is 12.1 Å². The standard InChI is InChI=1S/C22H25FN2O2/c1-15(2)11-12-25-20-9-8-19(14-17(20)5-10-22(25)27)24-21(26)13-16-3-6-18(23)7-4-16/h3-4,6-9,14-15H,5,10-13H2,1-2H3,(H,24,26). The highest BCUT2D eigenvalue weighted by atomic mass is 19.1. The summed E-state index contributed by atoms with van der Waals surface area (Å²) in [6, 6.07) is 11.6. The topological polar surface area (TPSA) is 49.4 Å². The second-order valence-corrected chi connectivity index (χ2v) is 7.42. The fourth-order valence-electron chi connectivity index (χ4n) is 3.26. The molecule has 2 aromatic rings. The lowest BCUT2D eigenvalue weighted by atomic mass is 9.99. The predicted octanol–water partition coefficient (Wildman–Crippen LogP) is 4.33. The summed E-state index contributed by atoms with van der Waals surface area (Å²) in [5.74, 6) is 0.236. The summed E-state index contributed by atoms with van der Waals surface area (Å²) in [7, 11) is 0. The van der Waals surface area contributed by atoms with E-state index in [-0.39, 0.29) is 24.1 Å². The number of aryl methyl sites for hydroxylation is 1. The number of hydrogen-bond acceptors (Lipinski definition) is 2. The Bertz CT molecular complexity index is 831. The smallest absolute Gasteiger partial charge is 0.228 e. The number of carbonyl (C=O) groups is 2. The van der Waals surface area contributed by atoms with Crippen molar-refractivity contribution in [2.24, 2.45) is 5.92 Å². The molecule has 4 nitrogen and oxygen atoms in total. The van der Waals surface area contributed by atoms with E-state index < -0.39 is 0 Å². The van der Waals surface area contributed by atoms with Crippen molar-refractivity contribution in [2.75, 3.05) is 16.8 Å². The van der Waals surface area contributed by atoms with E-state index in [1.165, 1.54) is 12.1 Å². The normalized spacial score (nSPS) is 13.6. The first-order chi connectivity index (χ1) is 12.9. The Hall–Kier alpha value is -2.69. The molecule has 1 aliphatic rings. The van der Waals surface area contributed by atoms with Gasteiger partial charge in [-0.15, -0.1) is 0 Å². The molecular formula is C22H25FN2O2. The third-order valence-corrected chi connectivity index (χ3v) is 4.77. The van der Waals surface area contributed by atoms with Crippen LogP contribution in [-0.2, 0) is 22.4 Å². The van der Waals surface area contributed by atoms with Gasteiger partial charge in [0, 0.05) is 24.3 Å². The molecule has 2 amide bonds. The molecule has 0 atom stereocenters. The molecule has 0 saturated heterocycles. The number of carbonyl (C=O) groups excluding carboxylic acids is 2. The zero-order valence-electron chi connectivity index (χ0n) is 15.8. The Morgan fingerprint density at radius 2 is 1.89 bits per heavy atom. The first kappa shape index (κ1) is 19.1. The van der Waals surface area contributed by atoms with Gasteiger partial charge in [0.25, 0.3) is 0 Å². The molecule has 0 saturated carbocycles. The van der Waals surface area contributed by atoms with Crippen LogP contribution in [0.1, 0.15) is 37.8 Å². The Morgan fingerprint density at radius 1 is 1.15 bits per heavy atom. The van der Waals surface area contributed by atoms with Gasteiger partial charge in [-0.05, 0) is 60.2 Å². The van der Waals surface area contributed by atoms with Crippen molar-refractivity contribution in [1.82, 2.24) is 0 Å². The van der Waals surface area contributed by atoms with Gasteiger partial charge in [-0.2, -0.15) is 0 Å². The van der Waals surface area contributed by atoms with Crippen molar-refractivity contribution in [2.45, 2.75) is 39.5 Å². The molecule has 0 aromatic heterocycles. The molecule has 0 fully saturated rings. The van der Waals surface area contributed by atoms with Crippen molar-refractivity contribution in [1.29, 1.82) is 0 Å². The maximum Gasteiger partial charge on any atom is 0.228 e. The zero-order chi connectivity index (χ0) is 19.4. The minimum atomic E-state index is -0.314. The van der Waals surface area contributed by atoms with E-state index in [9.17, 15) is 14.0 Å². The largest absolute Gasteiger partial charge is 0.326 e. The van der Waals surface area contributed by atoms with Crippen LogP contribution in [0.25, 0.3) is 0 Å². The van der Waals surface area contributed by atoms with Crippen LogP contribution in [0.3, 0.4) is 0 Å². The maximum atomic E-state index is 13.0. The third kappa shape index (κ3) is 4.94. The molecule has 1 aliphatic heterocycles. The maximum absolute atomic E-state index is 13.0. The second kappa shape index (κ2) is 8.33. The minimum absolute atomic E-state index is 0.148. The lowest BCUT2D eigenvalue weighted by molar-refractivity contribution is -0.119. The number of fused-ring (bicyclic) bond motifs is 1. The van der Waals surface area contributed by atoms with Crippen LogP contribution < -0.4 is 10.2 Å². The highest BCUT2D eigenvalue weighted by molar-refractivity contribution is 5.97. The van der Waals surface area contributed by atoms with Gasteiger partial charge in [0.1, 0.15) is 5.82 Å². The van der Waals surface area contributed by atoms with Crippen molar-refractivity contribution < 1.29 is 14.0 Å². The molecule has 3 rings (SSSR count). The van der Waals surface area contributed by atoms with Crippen LogP contribution in [0.2, 0.25) is 0 Å². The van der Waals surface area contributed by atoms with Crippen molar-refractivity contribution in [3.63, 3.8) is 0 Å². The summed E-state index contributed by atoms with van der Waals surface area (Å²) in [4.78, 5) is 26.4. The van der Waals surface area contributed by atoms with Gasteiger partial charge in [0.2, 0.25) is 11.8 Å². The summed E-state index contributed by atoms with van der Waals surface area (Å²) in [5, 5.41) is 2.90. The van der Waals surface area contributed by atoms with Crippen LogP contribution in [0.15, 0.2) is 42.5 Å². The van der Waals surface area contributed by atoms with E-state index in [2.05, 4.69) is 19.2 Å². The Morgan fingerprint density at radius 3 is 2.59 bits per heavy atom. The van der Waals surface area contributed by atoms with Crippen LogP contribution >= 0.6 is 0 Å². The molecule has 0 radical (unpaired) electrons. The number of anilines is 2. The molecule has 0 aliphatic carbocycles. The molecule has 142 valence electrons. The third-order valence-electron chi connectivity index (χ3n) is 4.77. The van der Waals surface area contributed by atoms with Crippen LogP contribution in [-0.4, -0.2) is 18.4 Å². The first-order valence-electron chi connectivity index (χ1n) is 9.40. The van der Waals surface area contributed by atoms with E-state index >= 15 is 0 Å². The Kier molecular flexibility index (Phi) is 5.89. The van der Waals surface area contributed by atoms with E-state index in [0.29, 0.717) is 18.8 Å². The quantitative estimate of drug-likeness (QED) is 0.825. The summed E-state index contributed by atoms with van der Waals surface area (Å²) in [6.07, 6.45) is 2.34. The zero-order valence-corrected chi connectivity index (χ0v) is 15.8. The highest BCUT2D eigenvalue weighted by Gasteiger charge is 2.24. The van der Waals surface area contributed by atoms with Crippen molar-refractivity contribution in [3.8, 4) is 0 Å². The van der Waals surface area contributed by atoms with Gasteiger partial charge in [0.15, 0.2) is 0 Å². The van der Waals surface area contributed by atoms with Crippen LogP contribution in [0.4, 0.5) is 15.8 Å². The van der Waals surface area contributed by atoms with Crippen molar-refractivity contribution >= 4 is 23.2 Å². The number of rotatable bonds is 6. The fourth-order valence-corrected chi connectivity index (χ4v) is 3.26. The average molecular weight is 368 g/mol. The summed E-state index contributed by atoms with van der Waals surface area (Å²) in [5.41, 5.74) is 3.51. The summed E-state index contributed by atoms with van der Waals surface area (Å²) in [6.45, 7) is 5.02. The molecular weight excluding hydrogens is 343 g/mol. The van der Waals surface area contributed by atoms with Gasteiger partial charge >= 0.3 is 0 Å². The molecule has 2 aromatic carbocycles. The fraction of sp³-hybridized carbons (Fsp3) is 0.364. The monoisotopic (exact) mass is 368 g/mol. The molecule has 5 heteroatoms. The number of halogens is 1. The number of nitrogens with one attached hydrogen (secondary N) is 1. The minimum Gasteiger partial charge on any atom is -0.326 e. The summed E-state index contributed by atoms with van der Waals surface area (Å²) >= 11 is 0. The Labute approximate surface area is 159 Å². The van der Waals surface area contributed by atoms with E-state index in [4.69, 9.17) is 0 Å². The molecule has 27 heavy (non-hydrogen) atoms. The average Bonchev–Trinajstić information content (AvgIpc) is 2.62. The Balaban J connectivity index is 1.69. The molecule has 0 bridgehead atoms. The number of amides is 2. The van der Waals surface area contributed by atoms with Gasteiger partial charge in [-0.25, -0.2) is 4.39 Å². The molecule has 1 N–H and O–H groups in total. The van der Waals surface area contributed by atoms with E-state index in [1.807, 2.05) is 23.1 Å². The lowest BCUT2D eigenvalue weighted by Crippen LogP contribution is -2.36. The molecule has 0 unspecified atom stereocenters. The predicted molar refractivity (Wildman–Crippen MR) is 105 cm³/mol. The second-order valence-electron chi connectivity index (χ2n) is 7.42. The van der Waals surface area contributed by atoms with Crippen LogP contribution in [0, 0.1) is 11.7 Å². The van der Waals surface area contributed by atoms with Gasteiger partial charge in [-0.1, -0.05) is 26.0 Å². The number of hydrogen-bond donors (Lipinski definition) is 1. The number of nitrogens with zero attached hydrogens (tertiary/aromatic N) is 1. The van der Waals surface area contributed by atoms with Gasteiger partial charge in [-0.3, -0.25) is 9.59 Å². The van der Waals surface area contributed by atoms with Crippen LogP contribution in [0.5, 0.6) is 0 Å². The van der Waals surface area contributed by atoms with Crippen molar-refractivity contribution in [3.05, 3.63) is 59.4 Å². The molecule has 1 heterocycles.